The van der Waals surface area contributed by atoms with E-state index in [1.807, 2.05) is 49.4 Å². The van der Waals surface area contributed by atoms with E-state index in [4.69, 9.17) is 0 Å². The second kappa shape index (κ2) is 10.8. The van der Waals surface area contributed by atoms with Gasteiger partial charge in [-0.05, 0) is 36.6 Å². The molecule has 0 spiro atoms. The highest BCUT2D eigenvalue weighted by molar-refractivity contribution is 7.88. The number of sulfonamides is 1. The topological polar surface area (TPSA) is 82.6 Å². The molecule has 1 atom stereocenters. The van der Waals surface area contributed by atoms with Crippen LogP contribution in [0.4, 0.5) is 0 Å². The fourth-order valence-electron chi connectivity index (χ4n) is 2.77. The van der Waals surface area contributed by atoms with Crippen molar-refractivity contribution in [1.29, 1.82) is 0 Å². The van der Waals surface area contributed by atoms with Gasteiger partial charge in [-0.2, -0.15) is 0 Å². The number of aliphatic imine (C=N–C) groups is 1. The van der Waals surface area contributed by atoms with E-state index >= 15 is 0 Å². The Morgan fingerprint density at radius 2 is 1.75 bits per heavy atom. The third kappa shape index (κ3) is 7.32. The van der Waals surface area contributed by atoms with Crippen LogP contribution in [0.3, 0.4) is 0 Å². The Bertz CT molecular complexity index is 867. The summed E-state index contributed by atoms with van der Waals surface area (Å²) in [7, 11) is -1.86. The highest BCUT2D eigenvalue weighted by Gasteiger charge is 2.09. The summed E-state index contributed by atoms with van der Waals surface area (Å²) in [6.45, 7) is 6.23. The second-order valence-electron chi connectivity index (χ2n) is 6.67. The average molecular weight is 403 g/mol. The van der Waals surface area contributed by atoms with E-state index in [1.54, 1.807) is 0 Å². The Hall–Kier alpha value is -2.38. The molecule has 0 saturated heterocycles. The third-order valence-electron chi connectivity index (χ3n) is 4.37. The summed E-state index contributed by atoms with van der Waals surface area (Å²) in [5, 5.41) is 6.64. The molecule has 7 heteroatoms. The Morgan fingerprint density at radius 1 is 1.04 bits per heavy atom. The zero-order chi connectivity index (χ0) is 20.4. The minimum absolute atomic E-state index is 0.0338. The van der Waals surface area contributed by atoms with Crippen LogP contribution in [-0.2, 0) is 22.3 Å². The van der Waals surface area contributed by atoms with E-state index in [1.165, 1.54) is 12.6 Å². The van der Waals surface area contributed by atoms with Gasteiger partial charge in [0.2, 0.25) is 10.0 Å². The Labute approximate surface area is 168 Å². The van der Waals surface area contributed by atoms with E-state index in [2.05, 4.69) is 39.4 Å². The number of rotatable bonds is 9. The molecular formula is C21H30N4O2S. The van der Waals surface area contributed by atoms with Crippen LogP contribution in [0.5, 0.6) is 0 Å². The number of guanidine groups is 1. The number of nitrogens with zero attached hydrogens (tertiary/aromatic N) is 1. The van der Waals surface area contributed by atoms with Gasteiger partial charge in [0.25, 0.3) is 0 Å². The molecule has 0 radical (unpaired) electrons. The molecule has 0 fully saturated rings. The predicted octanol–water partition coefficient (Wildman–Crippen LogP) is 2.59. The molecule has 2 rings (SSSR count). The third-order valence-corrected chi connectivity index (χ3v) is 5.70. The zero-order valence-electron chi connectivity index (χ0n) is 16.8. The monoisotopic (exact) mass is 402 g/mol. The molecule has 3 N–H and O–H groups in total. The van der Waals surface area contributed by atoms with Crippen molar-refractivity contribution in [2.75, 3.05) is 20.1 Å². The lowest BCUT2D eigenvalue weighted by molar-refractivity contribution is 0.587. The van der Waals surface area contributed by atoms with Gasteiger partial charge in [-0.1, -0.05) is 61.5 Å². The standard InChI is InChI=1S/C21H30N4O2S/c1-4-23-21(24-14-17(2)20-11-6-5-7-12-20)25-15-18-9-8-10-19(13-18)16-28(26,27)22-3/h5-13,17,22H,4,14-16H2,1-3H3,(H2,23,24,25). The Kier molecular flexibility index (Phi) is 8.47. The van der Waals surface area contributed by atoms with Crippen LogP contribution >= 0.6 is 0 Å². The van der Waals surface area contributed by atoms with E-state index < -0.39 is 10.0 Å². The molecule has 152 valence electrons. The lowest BCUT2D eigenvalue weighted by Gasteiger charge is -2.16. The van der Waals surface area contributed by atoms with Crippen molar-refractivity contribution in [2.45, 2.75) is 32.1 Å². The second-order valence-corrected chi connectivity index (χ2v) is 8.60. The molecule has 6 nitrogen and oxygen atoms in total. The molecule has 1 unspecified atom stereocenters. The number of nitrogens with one attached hydrogen (secondary N) is 3. The summed E-state index contributed by atoms with van der Waals surface area (Å²) < 4.78 is 25.8. The molecule has 28 heavy (non-hydrogen) atoms. The van der Waals surface area contributed by atoms with Crippen LogP contribution in [-0.4, -0.2) is 34.5 Å². The minimum atomic E-state index is -3.28. The van der Waals surface area contributed by atoms with Gasteiger partial charge in [0.05, 0.1) is 12.3 Å². The summed E-state index contributed by atoms with van der Waals surface area (Å²) >= 11 is 0. The van der Waals surface area contributed by atoms with Crippen molar-refractivity contribution in [3.8, 4) is 0 Å². The summed E-state index contributed by atoms with van der Waals surface area (Å²) in [5.74, 6) is 1.08. The molecule has 2 aromatic rings. The van der Waals surface area contributed by atoms with Crippen LogP contribution in [0.25, 0.3) is 0 Å². The summed E-state index contributed by atoms with van der Waals surface area (Å²) in [6, 6.07) is 17.9. The average Bonchev–Trinajstić information content (AvgIpc) is 2.70. The van der Waals surface area contributed by atoms with Gasteiger partial charge in [0, 0.05) is 13.1 Å². The molecule has 0 aliphatic heterocycles. The summed E-state index contributed by atoms with van der Waals surface area (Å²) in [5.41, 5.74) is 3.00. The molecule has 0 aliphatic carbocycles. The molecule has 0 aliphatic rings. The summed E-state index contributed by atoms with van der Waals surface area (Å²) in [6.07, 6.45) is 0. The van der Waals surface area contributed by atoms with Gasteiger partial charge >= 0.3 is 0 Å². The Balaban J connectivity index is 2.00. The highest BCUT2D eigenvalue weighted by atomic mass is 32.2. The molecule has 2 aromatic carbocycles. The fraction of sp³-hybridized carbons (Fsp3) is 0.381. The van der Waals surface area contributed by atoms with E-state index in [-0.39, 0.29) is 5.75 Å². The molecule has 0 bridgehead atoms. The first kappa shape index (κ1) is 21.9. The van der Waals surface area contributed by atoms with Crippen LogP contribution < -0.4 is 15.4 Å². The lowest BCUT2D eigenvalue weighted by atomic mass is 10.0. The van der Waals surface area contributed by atoms with Crippen LogP contribution in [0.1, 0.15) is 36.5 Å². The van der Waals surface area contributed by atoms with Crippen LogP contribution in [0.2, 0.25) is 0 Å². The van der Waals surface area contributed by atoms with Gasteiger partial charge in [-0.3, -0.25) is 0 Å². The van der Waals surface area contributed by atoms with Crippen molar-refractivity contribution in [3.05, 3.63) is 71.3 Å². The van der Waals surface area contributed by atoms with Crippen molar-refractivity contribution >= 4 is 16.0 Å². The summed E-state index contributed by atoms with van der Waals surface area (Å²) in [4.78, 5) is 4.64. The van der Waals surface area contributed by atoms with Gasteiger partial charge in [-0.15, -0.1) is 0 Å². The van der Waals surface area contributed by atoms with Crippen molar-refractivity contribution in [2.24, 2.45) is 4.99 Å². The molecule has 0 amide bonds. The van der Waals surface area contributed by atoms with E-state index in [9.17, 15) is 8.42 Å². The zero-order valence-corrected chi connectivity index (χ0v) is 17.6. The maximum absolute atomic E-state index is 11.7. The largest absolute Gasteiger partial charge is 0.357 e. The maximum Gasteiger partial charge on any atom is 0.215 e. The van der Waals surface area contributed by atoms with Crippen molar-refractivity contribution in [1.82, 2.24) is 15.4 Å². The lowest BCUT2D eigenvalue weighted by Crippen LogP contribution is -2.39. The molecular weight excluding hydrogens is 372 g/mol. The first-order chi connectivity index (χ1) is 13.4. The molecule has 0 heterocycles. The minimum Gasteiger partial charge on any atom is -0.357 e. The van der Waals surface area contributed by atoms with Gasteiger partial charge < -0.3 is 10.6 Å². The SMILES string of the molecule is CCNC(=NCc1cccc(CS(=O)(=O)NC)c1)NCC(C)c1ccccc1. The maximum atomic E-state index is 11.7. The smallest absolute Gasteiger partial charge is 0.215 e. The quantitative estimate of drug-likeness (QED) is 0.445. The first-order valence-corrected chi connectivity index (χ1v) is 11.1. The van der Waals surface area contributed by atoms with Crippen molar-refractivity contribution < 1.29 is 8.42 Å². The fourth-order valence-corrected chi connectivity index (χ4v) is 3.53. The number of benzene rings is 2. The molecule has 0 saturated carbocycles. The van der Waals surface area contributed by atoms with E-state index in [0.717, 1.165) is 30.2 Å². The van der Waals surface area contributed by atoms with E-state index in [0.29, 0.717) is 12.5 Å². The van der Waals surface area contributed by atoms with Gasteiger partial charge in [-0.25, -0.2) is 18.1 Å². The normalized spacial score (nSPS) is 13.2. The van der Waals surface area contributed by atoms with Crippen LogP contribution in [0, 0.1) is 0 Å². The Morgan fingerprint density at radius 3 is 2.43 bits per heavy atom. The van der Waals surface area contributed by atoms with Crippen molar-refractivity contribution in [3.63, 3.8) is 0 Å². The first-order valence-electron chi connectivity index (χ1n) is 9.49. The number of hydrogen-bond donors (Lipinski definition) is 3. The van der Waals surface area contributed by atoms with Gasteiger partial charge in [0.15, 0.2) is 5.96 Å². The van der Waals surface area contributed by atoms with Gasteiger partial charge in [0.1, 0.15) is 0 Å². The predicted molar refractivity (Wildman–Crippen MR) is 116 cm³/mol. The molecule has 0 aromatic heterocycles. The highest BCUT2D eigenvalue weighted by Crippen LogP contribution is 2.13. The number of hydrogen-bond acceptors (Lipinski definition) is 3. The van der Waals surface area contributed by atoms with Crippen LogP contribution in [0.15, 0.2) is 59.6 Å².